The number of aliphatic hydroxyl groups excluding tert-OH is 1. The topological polar surface area (TPSA) is 49.8 Å². The summed E-state index contributed by atoms with van der Waals surface area (Å²) in [4.78, 5) is 13.0. The number of ether oxygens (including phenoxy) is 1. The molecule has 1 heterocycles. The Morgan fingerprint density at radius 3 is 2.59 bits per heavy atom. The maximum absolute atomic E-state index is 13.0. The first kappa shape index (κ1) is 16.6. The van der Waals surface area contributed by atoms with Gasteiger partial charge in [-0.3, -0.25) is 0 Å². The molecule has 1 aliphatic rings. The van der Waals surface area contributed by atoms with Crippen molar-refractivity contribution in [2.45, 2.75) is 19.2 Å². The summed E-state index contributed by atoms with van der Waals surface area (Å²) >= 11 is 0. The molecule has 0 saturated carbocycles. The predicted molar refractivity (Wildman–Crippen MR) is 72.9 cm³/mol. The number of hydrogen-bond donors (Lipinski definition) is 1. The number of alkyl halides is 3. The lowest BCUT2D eigenvalue weighted by Gasteiger charge is -2.38. The Balaban J connectivity index is 1.93. The monoisotopic (exact) mass is 317 g/mol. The number of likely N-dealkylation sites (tertiary alicyclic amines) is 1. The van der Waals surface area contributed by atoms with Gasteiger partial charge in [0, 0.05) is 19.7 Å². The van der Waals surface area contributed by atoms with E-state index in [1.807, 2.05) is 6.07 Å². The van der Waals surface area contributed by atoms with Crippen LogP contribution in [0.2, 0.25) is 0 Å². The number of benzene rings is 1. The molecular weight excluding hydrogens is 299 g/mol. The molecule has 2 atom stereocenters. The molecule has 22 heavy (non-hydrogen) atoms. The molecule has 0 aliphatic carbocycles. The van der Waals surface area contributed by atoms with E-state index in [-0.39, 0.29) is 19.6 Å². The van der Waals surface area contributed by atoms with E-state index in [0.717, 1.165) is 10.5 Å². The fraction of sp³-hybridized carbons (Fsp3) is 0.533. The Morgan fingerprint density at radius 2 is 2.00 bits per heavy atom. The molecule has 2 rings (SSSR count). The first-order valence-electron chi connectivity index (χ1n) is 7.05. The number of aliphatic hydroxyl groups is 1. The van der Waals surface area contributed by atoms with Crippen LogP contribution in [0.25, 0.3) is 0 Å². The van der Waals surface area contributed by atoms with E-state index in [0.29, 0.717) is 0 Å². The molecule has 1 amide bonds. The first-order valence-corrected chi connectivity index (χ1v) is 7.05. The second kappa shape index (κ2) is 7.00. The van der Waals surface area contributed by atoms with Gasteiger partial charge in [0.15, 0.2) is 0 Å². The van der Waals surface area contributed by atoms with Gasteiger partial charge in [-0.05, 0) is 17.9 Å². The van der Waals surface area contributed by atoms with Crippen LogP contribution in [0.1, 0.15) is 12.0 Å². The number of amides is 1. The molecule has 1 fully saturated rings. The molecule has 0 unspecified atom stereocenters. The normalized spacial score (nSPS) is 22.5. The van der Waals surface area contributed by atoms with E-state index < -0.39 is 37.3 Å². The van der Waals surface area contributed by atoms with E-state index in [1.165, 1.54) is 0 Å². The van der Waals surface area contributed by atoms with Crippen molar-refractivity contribution in [3.8, 4) is 0 Å². The number of hydrogen-bond acceptors (Lipinski definition) is 3. The molecule has 1 aromatic carbocycles. The second-order valence-corrected chi connectivity index (χ2v) is 5.37. The highest BCUT2D eigenvalue weighted by Gasteiger charge is 2.48. The fourth-order valence-electron chi connectivity index (χ4n) is 2.57. The summed E-state index contributed by atoms with van der Waals surface area (Å²) in [5.74, 6) is -2.58. The summed E-state index contributed by atoms with van der Waals surface area (Å²) in [6.07, 6.45) is -5.08. The van der Waals surface area contributed by atoms with Crippen molar-refractivity contribution in [2.24, 2.45) is 11.8 Å². The van der Waals surface area contributed by atoms with Gasteiger partial charge >= 0.3 is 12.3 Å². The fourth-order valence-corrected chi connectivity index (χ4v) is 2.57. The van der Waals surface area contributed by atoms with E-state index in [9.17, 15) is 18.0 Å². The zero-order chi connectivity index (χ0) is 16.2. The van der Waals surface area contributed by atoms with Crippen LogP contribution < -0.4 is 0 Å². The van der Waals surface area contributed by atoms with Gasteiger partial charge in [-0.15, -0.1) is 0 Å². The van der Waals surface area contributed by atoms with Crippen molar-refractivity contribution < 1.29 is 27.8 Å². The summed E-state index contributed by atoms with van der Waals surface area (Å²) in [6, 6.07) is 8.93. The maximum Gasteiger partial charge on any atom is 0.410 e. The minimum absolute atomic E-state index is 0.0241. The molecule has 1 aromatic rings. The molecule has 1 N–H and O–H groups in total. The Labute approximate surface area is 126 Å². The molecule has 7 heteroatoms. The van der Waals surface area contributed by atoms with Gasteiger partial charge in [0.05, 0.1) is 5.92 Å². The van der Waals surface area contributed by atoms with Gasteiger partial charge in [-0.2, -0.15) is 13.2 Å². The molecule has 0 spiro atoms. The SMILES string of the molecule is O=C(OCc1ccccc1)N1CC[C@@H](CO)[C@@H](C(F)(F)F)C1. The van der Waals surface area contributed by atoms with Crippen LogP contribution in [0.15, 0.2) is 30.3 Å². The summed E-state index contributed by atoms with van der Waals surface area (Å²) in [6.45, 7) is -0.818. The summed E-state index contributed by atoms with van der Waals surface area (Å²) in [5.41, 5.74) is 0.772. The number of carbonyl (C=O) groups is 1. The molecule has 4 nitrogen and oxygen atoms in total. The van der Waals surface area contributed by atoms with E-state index >= 15 is 0 Å². The van der Waals surface area contributed by atoms with Crippen LogP contribution in [0, 0.1) is 11.8 Å². The highest BCUT2D eigenvalue weighted by Crippen LogP contribution is 2.37. The van der Waals surface area contributed by atoms with Gasteiger partial charge in [0.25, 0.3) is 0 Å². The Hall–Kier alpha value is -1.76. The number of piperidine rings is 1. The molecule has 0 bridgehead atoms. The van der Waals surface area contributed by atoms with E-state index in [4.69, 9.17) is 9.84 Å². The summed E-state index contributed by atoms with van der Waals surface area (Å²) in [7, 11) is 0. The molecular formula is C15H18F3NO3. The minimum Gasteiger partial charge on any atom is -0.445 e. The molecule has 0 aromatic heterocycles. The van der Waals surface area contributed by atoms with Crippen LogP contribution in [-0.4, -0.2) is 42.0 Å². The summed E-state index contributed by atoms with van der Waals surface area (Å²) in [5, 5.41) is 9.07. The van der Waals surface area contributed by atoms with Gasteiger partial charge in [0.1, 0.15) is 6.61 Å². The number of rotatable bonds is 3. The van der Waals surface area contributed by atoms with Gasteiger partial charge in [-0.25, -0.2) is 4.79 Å². The Bertz CT molecular complexity index is 493. The number of halogens is 3. The Morgan fingerprint density at radius 1 is 1.32 bits per heavy atom. The van der Waals surface area contributed by atoms with Crippen molar-refractivity contribution in [2.75, 3.05) is 19.7 Å². The smallest absolute Gasteiger partial charge is 0.410 e. The largest absolute Gasteiger partial charge is 0.445 e. The van der Waals surface area contributed by atoms with Gasteiger partial charge in [0.2, 0.25) is 0 Å². The van der Waals surface area contributed by atoms with Crippen LogP contribution in [-0.2, 0) is 11.3 Å². The maximum atomic E-state index is 13.0. The van der Waals surface area contributed by atoms with Crippen molar-refractivity contribution >= 4 is 6.09 Å². The van der Waals surface area contributed by atoms with Crippen LogP contribution in [0.4, 0.5) is 18.0 Å². The predicted octanol–water partition coefficient (Wildman–Crippen LogP) is 2.82. The van der Waals surface area contributed by atoms with E-state index in [1.54, 1.807) is 24.3 Å². The summed E-state index contributed by atoms with van der Waals surface area (Å²) < 4.78 is 44.0. The van der Waals surface area contributed by atoms with Crippen molar-refractivity contribution in [3.05, 3.63) is 35.9 Å². The third-order valence-electron chi connectivity index (χ3n) is 3.87. The van der Waals surface area contributed by atoms with Crippen LogP contribution in [0.3, 0.4) is 0 Å². The lowest BCUT2D eigenvalue weighted by Crippen LogP contribution is -2.49. The zero-order valence-electron chi connectivity index (χ0n) is 11.9. The third kappa shape index (κ3) is 4.13. The van der Waals surface area contributed by atoms with Crippen LogP contribution >= 0.6 is 0 Å². The average molecular weight is 317 g/mol. The van der Waals surface area contributed by atoms with Crippen LogP contribution in [0.5, 0.6) is 0 Å². The first-order chi connectivity index (χ1) is 10.4. The van der Waals surface area contributed by atoms with Crippen molar-refractivity contribution in [1.82, 2.24) is 4.90 Å². The molecule has 1 aliphatic heterocycles. The molecule has 1 saturated heterocycles. The van der Waals surface area contributed by atoms with Crippen molar-refractivity contribution in [3.63, 3.8) is 0 Å². The van der Waals surface area contributed by atoms with Crippen molar-refractivity contribution in [1.29, 1.82) is 0 Å². The Kier molecular flexibility index (Phi) is 5.28. The number of nitrogens with zero attached hydrogens (tertiary/aromatic N) is 1. The standard InChI is InChI=1S/C15H18F3NO3/c16-15(17,18)13-8-19(7-6-12(13)9-20)14(21)22-10-11-4-2-1-3-5-11/h1-5,12-13,20H,6-10H2/t12-,13-/m0/s1. The molecule has 122 valence electrons. The number of carbonyl (C=O) groups excluding carboxylic acids is 1. The zero-order valence-corrected chi connectivity index (χ0v) is 11.9. The van der Waals surface area contributed by atoms with E-state index in [2.05, 4.69) is 0 Å². The highest BCUT2D eigenvalue weighted by atomic mass is 19.4. The lowest BCUT2D eigenvalue weighted by atomic mass is 9.86. The quantitative estimate of drug-likeness (QED) is 0.932. The van der Waals surface area contributed by atoms with Gasteiger partial charge < -0.3 is 14.7 Å². The second-order valence-electron chi connectivity index (χ2n) is 5.37. The highest BCUT2D eigenvalue weighted by molar-refractivity contribution is 5.67. The average Bonchev–Trinajstić information content (AvgIpc) is 2.52. The molecule has 0 radical (unpaired) electrons. The van der Waals surface area contributed by atoms with Gasteiger partial charge in [-0.1, -0.05) is 30.3 Å². The lowest BCUT2D eigenvalue weighted by molar-refractivity contribution is -0.203. The minimum atomic E-state index is -4.44. The third-order valence-corrected chi connectivity index (χ3v) is 3.87.